The number of methoxy groups -OCH3 is 1. The van der Waals surface area contributed by atoms with E-state index in [-0.39, 0.29) is 30.8 Å². The molecular weight excluding hydrogens is 358 g/mol. The third kappa shape index (κ3) is 6.08. The van der Waals surface area contributed by atoms with Gasteiger partial charge in [0.15, 0.2) is 5.13 Å². The molecule has 0 radical (unpaired) electrons. The van der Waals surface area contributed by atoms with E-state index in [0.717, 1.165) is 29.0 Å². The van der Waals surface area contributed by atoms with Crippen LogP contribution in [-0.4, -0.2) is 30.6 Å². The van der Waals surface area contributed by atoms with Gasteiger partial charge in [0.1, 0.15) is 0 Å². The number of aryl methyl sites for hydroxylation is 2. The molecule has 7 heteroatoms. The first-order valence-electron chi connectivity index (χ1n) is 8.16. The smallest absolute Gasteiger partial charge is 0.228 e. The number of nitrogens with two attached hydrogens (primary N) is 1. The number of halogens is 1. The van der Waals surface area contributed by atoms with E-state index in [1.165, 1.54) is 16.9 Å². The van der Waals surface area contributed by atoms with Crippen LogP contribution in [0.4, 0.5) is 5.13 Å². The van der Waals surface area contributed by atoms with Crippen molar-refractivity contribution in [1.29, 1.82) is 0 Å². The molecule has 1 amide bonds. The molecule has 3 N–H and O–H groups in total. The van der Waals surface area contributed by atoms with Gasteiger partial charge in [0.05, 0.1) is 18.2 Å². The fraction of sp³-hybridized carbons (Fsp3) is 0.444. The van der Waals surface area contributed by atoms with Gasteiger partial charge in [-0.05, 0) is 18.9 Å². The van der Waals surface area contributed by atoms with Gasteiger partial charge in [-0.15, -0.1) is 23.7 Å². The van der Waals surface area contributed by atoms with E-state index in [1.807, 2.05) is 6.92 Å². The Morgan fingerprint density at radius 3 is 2.60 bits per heavy atom. The molecule has 0 spiro atoms. The summed E-state index contributed by atoms with van der Waals surface area (Å²) < 4.78 is 5.13. The Labute approximate surface area is 159 Å². The highest BCUT2D eigenvalue weighted by molar-refractivity contribution is 7.16. The molecule has 1 unspecified atom stereocenters. The summed E-state index contributed by atoms with van der Waals surface area (Å²) in [6.07, 6.45) is 2.18. The number of hydrogen-bond acceptors (Lipinski definition) is 5. The maximum absolute atomic E-state index is 12.0. The molecule has 5 nitrogen and oxygen atoms in total. The fourth-order valence-corrected chi connectivity index (χ4v) is 3.33. The molecule has 0 bridgehead atoms. The molecule has 0 aliphatic rings. The van der Waals surface area contributed by atoms with Crippen molar-refractivity contribution >= 4 is 34.8 Å². The van der Waals surface area contributed by atoms with Gasteiger partial charge in [0.2, 0.25) is 5.91 Å². The fourth-order valence-electron chi connectivity index (χ4n) is 2.48. The number of thiazole rings is 1. The number of carbonyl (C=O) groups is 1. The third-order valence-electron chi connectivity index (χ3n) is 3.82. The van der Waals surface area contributed by atoms with Crippen molar-refractivity contribution in [2.45, 2.75) is 39.2 Å². The Morgan fingerprint density at radius 1 is 1.36 bits per heavy atom. The Morgan fingerprint density at radius 2 is 2.04 bits per heavy atom. The zero-order valence-corrected chi connectivity index (χ0v) is 16.5. The molecule has 0 saturated heterocycles. The van der Waals surface area contributed by atoms with Gasteiger partial charge in [-0.3, -0.25) is 4.79 Å². The first-order valence-corrected chi connectivity index (χ1v) is 8.98. The zero-order chi connectivity index (χ0) is 17.5. The number of aromatic nitrogens is 1. The van der Waals surface area contributed by atoms with Crippen molar-refractivity contribution in [2.24, 2.45) is 5.73 Å². The van der Waals surface area contributed by atoms with Gasteiger partial charge in [-0.1, -0.05) is 37.6 Å². The van der Waals surface area contributed by atoms with E-state index in [4.69, 9.17) is 10.5 Å². The summed E-state index contributed by atoms with van der Waals surface area (Å²) in [6.45, 7) is 4.50. The van der Waals surface area contributed by atoms with E-state index in [0.29, 0.717) is 11.7 Å². The molecule has 1 heterocycles. The predicted molar refractivity (Wildman–Crippen MR) is 107 cm³/mol. The second-order valence-corrected chi connectivity index (χ2v) is 6.92. The highest BCUT2D eigenvalue weighted by atomic mass is 35.5. The molecule has 1 aromatic carbocycles. The van der Waals surface area contributed by atoms with Gasteiger partial charge >= 0.3 is 0 Å². The molecule has 2 aromatic rings. The summed E-state index contributed by atoms with van der Waals surface area (Å²) in [5.41, 5.74) is 8.86. The second-order valence-electron chi connectivity index (χ2n) is 5.72. The summed E-state index contributed by atoms with van der Waals surface area (Å²) in [5.74, 6) is -0.133. The highest BCUT2D eigenvalue weighted by Crippen LogP contribution is 2.30. The Balaban J connectivity index is 0.00000312. The monoisotopic (exact) mass is 383 g/mol. The third-order valence-corrected chi connectivity index (χ3v) is 4.70. The van der Waals surface area contributed by atoms with Crippen LogP contribution >= 0.6 is 23.7 Å². The summed E-state index contributed by atoms with van der Waals surface area (Å²) >= 11 is 1.48. The van der Waals surface area contributed by atoms with Gasteiger partial charge < -0.3 is 15.8 Å². The summed E-state index contributed by atoms with van der Waals surface area (Å²) in [7, 11) is 1.55. The van der Waals surface area contributed by atoms with Crippen LogP contribution < -0.4 is 11.1 Å². The van der Waals surface area contributed by atoms with E-state index >= 15 is 0 Å². The number of hydrogen-bond donors (Lipinski definition) is 2. The molecule has 1 aromatic heterocycles. The van der Waals surface area contributed by atoms with Crippen LogP contribution in [0.1, 0.15) is 30.2 Å². The molecule has 0 aliphatic heterocycles. The first kappa shape index (κ1) is 21.6. The number of nitrogens with zero attached hydrogens (tertiary/aromatic N) is 1. The lowest BCUT2D eigenvalue weighted by Crippen LogP contribution is -2.28. The number of ether oxygens (including phenoxy) is 1. The van der Waals surface area contributed by atoms with Crippen molar-refractivity contribution < 1.29 is 9.53 Å². The molecule has 0 saturated carbocycles. The van der Waals surface area contributed by atoms with Gasteiger partial charge in [-0.2, -0.15) is 0 Å². The maximum atomic E-state index is 12.0. The number of rotatable bonds is 8. The lowest BCUT2D eigenvalue weighted by molar-refractivity contribution is -0.118. The van der Waals surface area contributed by atoms with Crippen LogP contribution in [0.5, 0.6) is 0 Å². The minimum absolute atomic E-state index is 0. The molecule has 138 valence electrons. The van der Waals surface area contributed by atoms with Gasteiger partial charge in [0, 0.05) is 24.1 Å². The Kier molecular flexibility index (Phi) is 9.06. The van der Waals surface area contributed by atoms with Crippen LogP contribution in [0, 0.1) is 6.92 Å². The molecule has 2 rings (SSSR count). The minimum Gasteiger partial charge on any atom is -0.380 e. The number of anilines is 1. The van der Waals surface area contributed by atoms with Crippen LogP contribution in [0.3, 0.4) is 0 Å². The first-order chi connectivity index (χ1) is 11.6. The average molecular weight is 384 g/mol. The highest BCUT2D eigenvalue weighted by Gasteiger charge is 2.15. The van der Waals surface area contributed by atoms with Crippen molar-refractivity contribution in [3.05, 3.63) is 34.7 Å². The quantitative estimate of drug-likeness (QED) is 0.726. The molecule has 0 aliphatic carbocycles. The van der Waals surface area contributed by atoms with E-state index in [2.05, 4.69) is 41.5 Å². The molecule has 25 heavy (non-hydrogen) atoms. The van der Waals surface area contributed by atoms with Gasteiger partial charge in [0.25, 0.3) is 0 Å². The number of carbonyl (C=O) groups excluding carboxylic acids is 1. The average Bonchev–Trinajstić information content (AvgIpc) is 2.94. The molecule has 0 fully saturated rings. The summed E-state index contributed by atoms with van der Waals surface area (Å²) in [5, 5.41) is 3.44. The van der Waals surface area contributed by atoms with E-state index in [1.54, 1.807) is 7.11 Å². The van der Waals surface area contributed by atoms with Crippen LogP contribution in [0.2, 0.25) is 0 Å². The van der Waals surface area contributed by atoms with Crippen LogP contribution in [-0.2, 0) is 16.0 Å². The summed E-state index contributed by atoms with van der Waals surface area (Å²) in [4.78, 5) is 17.7. The van der Waals surface area contributed by atoms with Crippen LogP contribution in [0.25, 0.3) is 11.3 Å². The molecule has 1 atom stereocenters. The predicted octanol–water partition coefficient (Wildman–Crippen LogP) is 3.80. The Bertz CT molecular complexity index is 669. The lowest BCUT2D eigenvalue weighted by atomic mass is 10.1. The standard InChI is InChI=1S/C18H25N3O2S.ClH/c1-4-5-13-6-8-14(9-7-13)17-12(2)24-18(21-17)20-16(22)10-15(11-19)23-3;/h6-9,15H,4-5,10-11,19H2,1-3H3,(H,20,21,22);1H. The van der Waals surface area contributed by atoms with Crippen LogP contribution in [0.15, 0.2) is 24.3 Å². The minimum atomic E-state index is -0.267. The largest absolute Gasteiger partial charge is 0.380 e. The Hall–Kier alpha value is -1.47. The zero-order valence-electron chi connectivity index (χ0n) is 14.9. The number of nitrogens with one attached hydrogen (secondary N) is 1. The SMILES string of the molecule is CCCc1ccc(-c2nc(NC(=O)CC(CN)OC)sc2C)cc1.Cl. The van der Waals surface area contributed by atoms with Crippen molar-refractivity contribution in [3.63, 3.8) is 0 Å². The second kappa shape index (κ2) is 10.5. The normalized spacial score (nSPS) is 11.7. The van der Waals surface area contributed by atoms with Gasteiger partial charge in [-0.25, -0.2) is 4.98 Å². The number of amides is 1. The van der Waals surface area contributed by atoms with E-state index < -0.39 is 0 Å². The van der Waals surface area contributed by atoms with Crippen molar-refractivity contribution in [1.82, 2.24) is 4.98 Å². The lowest BCUT2D eigenvalue weighted by Gasteiger charge is -2.11. The van der Waals surface area contributed by atoms with Crippen molar-refractivity contribution in [2.75, 3.05) is 19.0 Å². The molecular formula is C18H26ClN3O2S. The van der Waals surface area contributed by atoms with E-state index in [9.17, 15) is 4.79 Å². The topological polar surface area (TPSA) is 77.2 Å². The number of benzene rings is 1. The summed E-state index contributed by atoms with van der Waals surface area (Å²) in [6, 6.07) is 8.46. The van der Waals surface area contributed by atoms with Crippen molar-refractivity contribution in [3.8, 4) is 11.3 Å². The maximum Gasteiger partial charge on any atom is 0.228 e.